The molecule has 0 unspecified atom stereocenters. The fraction of sp³-hybridized carbons (Fsp3) is 0.304. The number of hydrogen-bond acceptors (Lipinski definition) is 6. The Hall–Kier alpha value is -2.30. The number of benzene rings is 2. The molecular weight excluding hydrogens is 481 g/mol. The molecule has 6 nitrogen and oxygen atoms in total. The molecule has 0 saturated heterocycles. The smallest absolute Gasteiger partial charge is 0.409 e. The zero-order valence-electron chi connectivity index (χ0n) is 18.2. The van der Waals surface area contributed by atoms with Crippen molar-refractivity contribution >= 4 is 55.2 Å². The Labute approximate surface area is 204 Å². The average Bonchev–Trinajstić information content (AvgIpc) is 3.06. The van der Waals surface area contributed by atoms with Crippen LogP contribution in [0.1, 0.15) is 28.4 Å². The number of ether oxygens (including phenoxy) is 1. The number of aromatic nitrogens is 1. The highest BCUT2D eigenvalue weighted by molar-refractivity contribution is 9.05. The summed E-state index contributed by atoms with van der Waals surface area (Å²) in [6, 6.07) is 10.6. The van der Waals surface area contributed by atoms with Gasteiger partial charge in [-0.15, -0.1) is 0 Å². The highest BCUT2D eigenvalue weighted by atomic mass is 33.5. The number of H-pyrrole nitrogens is 1. The van der Waals surface area contributed by atoms with Gasteiger partial charge in [-0.2, -0.15) is 0 Å². The lowest BCUT2D eigenvalue weighted by Gasteiger charge is -2.18. The zero-order valence-corrected chi connectivity index (χ0v) is 20.7. The maximum Gasteiger partial charge on any atom is 0.409 e. The molecule has 1 aromatic heterocycles. The van der Waals surface area contributed by atoms with Crippen molar-refractivity contribution in [1.29, 1.82) is 0 Å². The number of thiol groups is 1. The van der Waals surface area contributed by atoms with E-state index in [9.17, 15) is 14.0 Å². The number of rotatable bonds is 7. The topological polar surface area (TPSA) is 74.4 Å². The Morgan fingerprint density at radius 1 is 1.30 bits per heavy atom. The largest absolute Gasteiger partial charge is 0.448 e. The molecule has 3 aromatic rings. The van der Waals surface area contributed by atoms with Gasteiger partial charge in [-0.3, -0.25) is 4.79 Å². The van der Waals surface area contributed by atoms with Gasteiger partial charge < -0.3 is 19.9 Å². The van der Waals surface area contributed by atoms with Gasteiger partial charge in [0, 0.05) is 42.0 Å². The Morgan fingerprint density at radius 2 is 2.06 bits per heavy atom. The fourth-order valence-corrected chi connectivity index (χ4v) is 6.15. The van der Waals surface area contributed by atoms with E-state index in [4.69, 9.17) is 4.74 Å². The van der Waals surface area contributed by atoms with Crippen LogP contribution in [0.15, 0.2) is 36.4 Å². The number of carbonyl (C=O) groups is 2. The van der Waals surface area contributed by atoms with Crippen LogP contribution in [0, 0.1) is 5.82 Å². The van der Waals surface area contributed by atoms with Crippen LogP contribution >= 0.6 is 32.3 Å². The van der Waals surface area contributed by atoms with Crippen molar-refractivity contribution in [2.75, 3.05) is 20.2 Å². The molecule has 4 rings (SSSR count). The van der Waals surface area contributed by atoms with Gasteiger partial charge in [0.15, 0.2) is 0 Å². The molecule has 0 radical (unpaired) electrons. The van der Waals surface area contributed by atoms with E-state index in [0.29, 0.717) is 37.2 Å². The third-order valence-electron chi connectivity index (χ3n) is 5.49. The molecule has 10 heteroatoms. The number of amides is 2. The number of hydrogen-bond donors (Lipinski definition) is 3. The van der Waals surface area contributed by atoms with Crippen molar-refractivity contribution < 1.29 is 18.7 Å². The lowest BCUT2D eigenvalue weighted by molar-refractivity contribution is 0.0956. The average molecular weight is 506 g/mol. The Morgan fingerprint density at radius 3 is 2.79 bits per heavy atom. The minimum atomic E-state index is -0.448. The molecule has 2 N–H and O–H groups in total. The van der Waals surface area contributed by atoms with Crippen molar-refractivity contribution in [1.82, 2.24) is 15.2 Å². The first-order valence-electron chi connectivity index (χ1n) is 10.4. The monoisotopic (exact) mass is 505 g/mol. The molecule has 2 heterocycles. The second-order valence-electron chi connectivity index (χ2n) is 7.97. The van der Waals surface area contributed by atoms with Crippen molar-refractivity contribution in [2.24, 2.45) is 0 Å². The SMILES string of the molecule is C[C@H](COC(=O)N(C)Cc1ccc(-c2[nH]c3cc(F)cc4c3c2CCNC4=O)cc1)SSS. The molecule has 1 aliphatic rings. The van der Waals surface area contributed by atoms with E-state index in [-0.39, 0.29) is 17.3 Å². The standard InChI is InChI=1S/C23H24FN3O3S3/c1-13(32-33-31)12-30-23(29)27(2)11-14-3-5-15(6-4-14)21-17-7-8-25-22(28)18-9-16(24)10-19(26-21)20(17)18/h3-6,9-10,13,26,31H,7-8,11-12H2,1-2H3,(H,25,28)/t13-/m1/s1. The van der Waals surface area contributed by atoms with Gasteiger partial charge in [-0.25, -0.2) is 9.18 Å². The van der Waals surface area contributed by atoms with E-state index in [2.05, 4.69) is 22.0 Å². The van der Waals surface area contributed by atoms with Crippen molar-refractivity contribution in [3.8, 4) is 11.3 Å². The summed E-state index contributed by atoms with van der Waals surface area (Å²) in [7, 11) is 4.59. The van der Waals surface area contributed by atoms with E-state index in [1.54, 1.807) is 7.05 Å². The number of aromatic amines is 1. The van der Waals surface area contributed by atoms with Gasteiger partial charge in [0.1, 0.15) is 12.4 Å². The molecule has 33 heavy (non-hydrogen) atoms. The van der Waals surface area contributed by atoms with Crippen LogP contribution < -0.4 is 5.32 Å². The molecule has 0 fully saturated rings. The predicted molar refractivity (Wildman–Crippen MR) is 136 cm³/mol. The first kappa shape index (κ1) is 23.8. The van der Waals surface area contributed by atoms with Crippen LogP contribution in [0.3, 0.4) is 0 Å². The van der Waals surface area contributed by atoms with E-state index in [1.165, 1.54) is 37.7 Å². The van der Waals surface area contributed by atoms with E-state index in [0.717, 1.165) is 27.8 Å². The molecule has 2 amide bonds. The summed E-state index contributed by atoms with van der Waals surface area (Å²) in [4.78, 5) is 29.5. The van der Waals surface area contributed by atoms with Gasteiger partial charge in [0.05, 0.1) is 5.56 Å². The Balaban J connectivity index is 1.52. The Kier molecular flexibility index (Phi) is 7.45. The molecule has 174 valence electrons. The normalized spacial score (nSPS) is 14.0. The summed E-state index contributed by atoms with van der Waals surface area (Å²) in [6.07, 6.45) is 0.275. The third-order valence-corrected chi connectivity index (χ3v) is 8.06. The second-order valence-corrected chi connectivity index (χ2v) is 11.5. The fourth-order valence-electron chi connectivity index (χ4n) is 3.95. The van der Waals surface area contributed by atoms with Crippen LogP contribution in [0.25, 0.3) is 22.2 Å². The summed E-state index contributed by atoms with van der Waals surface area (Å²) >= 11 is 4.09. The molecule has 1 aliphatic heterocycles. The van der Waals surface area contributed by atoms with Crippen LogP contribution in [0.2, 0.25) is 0 Å². The number of nitrogens with one attached hydrogen (secondary N) is 2. The minimum absolute atomic E-state index is 0.158. The third kappa shape index (κ3) is 5.28. The predicted octanol–water partition coefficient (Wildman–Crippen LogP) is 5.44. The van der Waals surface area contributed by atoms with Gasteiger partial charge in [-0.05, 0) is 52.0 Å². The van der Waals surface area contributed by atoms with Gasteiger partial charge in [0.2, 0.25) is 0 Å². The number of carbonyl (C=O) groups excluding carboxylic acids is 2. The quantitative estimate of drug-likeness (QED) is 0.294. The van der Waals surface area contributed by atoms with Crippen molar-refractivity contribution in [3.05, 3.63) is 58.9 Å². The molecule has 0 aliphatic carbocycles. The van der Waals surface area contributed by atoms with Crippen LogP contribution in [-0.4, -0.2) is 47.3 Å². The maximum absolute atomic E-state index is 14.1. The zero-order chi connectivity index (χ0) is 23.5. The second kappa shape index (κ2) is 10.3. The molecule has 0 spiro atoms. The van der Waals surface area contributed by atoms with Crippen LogP contribution in [0.5, 0.6) is 0 Å². The first-order valence-corrected chi connectivity index (χ1v) is 13.7. The Bertz CT molecular complexity index is 1180. The number of halogens is 1. The molecule has 2 aromatic carbocycles. The van der Waals surface area contributed by atoms with E-state index < -0.39 is 5.82 Å². The lowest BCUT2D eigenvalue weighted by Crippen LogP contribution is -2.28. The van der Waals surface area contributed by atoms with Crippen LogP contribution in [0.4, 0.5) is 9.18 Å². The van der Waals surface area contributed by atoms with Crippen LogP contribution in [-0.2, 0) is 17.7 Å². The summed E-state index contributed by atoms with van der Waals surface area (Å²) < 4.78 is 19.4. The highest BCUT2D eigenvalue weighted by Gasteiger charge is 2.23. The summed E-state index contributed by atoms with van der Waals surface area (Å²) in [5, 5.41) is 3.77. The molecular formula is C23H24FN3O3S3. The van der Waals surface area contributed by atoms with Gasteiger partial charge >= 0.3 is 6.09 Å². The van der Waals surface area contributed by atoms with E-state index >= 15 is 0 Å². The van der Waals surface area contributed by atoms with Gasteiger partial charge in [0.25, 0.3) is 5.91 Å². The highest BCUT2D eigenvalue weighted by Crippen LogP contribution is 2.35. The summed E-state index contributed by atoms with van der Waals surface area (Å²) in [6.45, 7) is 3.20. The minimum Gasteiger partial charge on any atom is -0.448 e. The van der Waals surface area contributed by atoms with Crippen molar-refractivity contribution in [3.63, 3.8) is 0 Å². The maximum atomic E-state index is 14.1. The van der Waals surface area contributed by atoms with Crippen molar-refractivity contribution in [2.45, 2.75) is 25.1 Å². The summed E-state index contributed by atoms with van der Waals surface area (Å²) in [5.41, 5.74) is 4.74. The lowest BCUT2D eigenvalue weighted by atomic mass is 9.99. The van der Waals surface area contributed by atoms with E-state index in [1.807, 2.05) is 31.2 Å². The number of nitrogens with zero attached hydrogens (tertiary/aromatic N) is 1. The molecule has 1 atom stereocenters. The summed E-state index contributed by atoms with van der Waals surface area (Å²) in [5.74, 6) is -0.706. The molecule has 0 bridgehead atoms. The first-order chi connectivity index (χ1) is 15.9. The van der Waals surface area contributed by atoms with Gasteiger partial charge in [-0.1, -0.05) is 46.7 Å². The molecule has 0 saturated carbocycles.